The summed E-state index contributed by atoms with van der Waals surface area (Å²) < 4.78 is 0. The molecule has 0 bridgehead atoms. The summed E-state index contributed by atoms with van der Waals surface area (Å²) in [4.78, 5) is 26.3. The number of carbonyl (C=O) groups excluding carboxylic acids is 2. The first kappa shape index (κ1) is 19.7. The molecular formula is C23H22N2O2S. The van der Waals surface area contributed by atoms with Crippen LogP contribution in [-0.4, -0.2) is 11.8 Å². The van der Waals surface area contributed by atoms with E-state index in [0.29, 0.717) is 5.56 Å². The van der Waals surface area contributed by atoms with E-state index in [9.17, 15) is 9.59 Å². The summed E-state index contributed by atoms with van der Waals surface area (Å²) in [5.41, 5.74) is 8.49. The quantitative estimate of drug-likeness (QED) is 0.494. The highest BCUT2D eigenvalue weighted by molar-refractivity contribution is 8.00. The SMILES string of the molecule is Cc1ccc(C(=O)NNC(=O)[C@@H](Sc2ccccc2)c2ccccc2)c(C)c1. The molecule has 0 aromatic heterocycles. The van der Waals surface area contributed by atoms with Gasteiger partial charge in [0.15, 0.2) is 0 Å². The first-order chi connectivity index (χ1) is 13.5. The van der Waals surface area contributed by atoms with Crippen LogP contribution in [0.1, 0.15) is 32.3 Å². The predicted molar refractivity (Wildman–Crippen MR) is 113 cm³/mol. The van der Waals surface area contributed by atoms with Gasteiger partial charge in [0, 0.05) is 10.5 Å². The molecule has 0 heterocycles. The third-order valence-electron chi connectivity index (χ3n) is 4.26. The van der Waals surface area contributed by atoms with Crippen LogP contribution in [0.3, 0.4) is 0 Å². The molecule has 0 spiro atoms. The van der Waals surface area contributed by atoms with Crippen LogP contribution < -0.4 is 10.9 Å². The van der Waals surface area contributed by atoms with E-state index in [1.165, 1.54) is 11.8 Å². The maximum absolute atomic E-state index is 12.9. The van der Waals surface area contributed by atoms with Gasteiger partial charge in [0.1, 0.15) is 5.25 Å². The highest BCUT2D eigenvalue weighted by Crippen LogP contribution is 2.35. The molecule has 1 atom stereocenters. The molecule has 2 N–H and O–H groups in total. The monoisotopic (exact) mass is 390 g/mol. The van der Waals surface area contributed by atoms with Gasteiger partial charge in [0.05, 0.1) is 0 Å². The maximum Gasteiger partial charge on any atom is 0.269 e. The standard InChI is InChI=1S/C23H22N2O2S/c1-16-13-14-20(17(2)15-16)22(26)24-25-23(27)21(18-9-5-3-6-10-18)28-19-11-7-4-8-12-19/h3-15,21H,1-2H3,(H,24,26)(H,25,27)/t21-/m0/s1. The summed E-state index contributed by atoms with van der Waals surface area (Å²) in [5.74, 6) is -0.611. The molecule has 5 heteroatoms. The number of rotatable bonds is 5. The molecule has 142 valence electrons. The minimum Gasteiger partial charge on any atom is -0.272 e. The molecule has 0 aliphatic rings. The Morgan fingerprint density at radius 2 is 1.46 bits per heavy atom. The number of benzene rings is 3. The van der Waals surface area contributed by atoms with Crippen LogP contribution in [0.25, 0.3) is 0 Å². The van der Waals surface area contributed by atoms with Crippen molar-refractivity contribution in [1.82, 2.24) is 10.9 Å². The van der Waals surface area contributed by atoms with Crippen LogP contribution in [-0.2, 0) is 4.79 Å². The molecule has 0 aliphatic carbocycles. The lowest BCUT2D eigenvalue weighted by atomic mass is 10.1. The van der Waals surface area contributed by atoms with E-state index in [2.05, 4.69) is 10.9 Å². The fourth-order valence-electron chi connectivity index (χ4n) is 2.86. The fourth-order valence-corrected chi connectivity index (χ4v) is 3.90. The van der Waals surface area contributed by atoms with Crippen molar-refractivity contribution in [3.8, 4) is 0 Å². The van der Waals surface area contributed by atoms with Gasteiger partial charge in [-0.2, -0.15) is 0 Å². The smallest absolute Gasteiger partial charge is 0.269 e. The van der Waals surface area contributed by atoms with Gasteiger partial charge in [-0.25, -0.2) is 0 Å². The lowest BCUT2D eigenvalue weighted by Crippen LogP contribution is -2.43. The van der Waals surface area contributed by atoms with Crippen molar-refractivity contribution >= 4 is 23.6 Å². The summed E-state index contributed by atoms with van der Waals surface area (Å²) >= 11 is 1.44. The Hall–Kier alpha value is -3.05. The van der Waals surface area contributed by atoms with Gasteiger partial charge in [0.25, 0.3) is 11.8 Å². The lowest BCUT2D eigenvalue weighted by Gasteiger charge is -2.18. The molecule has 4 nitrogen and oxygen atoms in total. The topological polar surface area (TPSA) is 58.2 Å². The van der Waals surface area contributed by atoms with Crippen molar-refractivity contribution < 1.29 is 9.59 Å². The number of thioether (sulfide) groups is 1. The third kappa shape index (κ3) is 5.02. The van der Waals surface area contributed by atoms with Crippen LogP contribution in [0.5, 0.6) is 0 Å². The molecule has 0 saturated heterocycles. The zero-order valence-electron chi connectivity index (χ0n) is 15.8. The van der Waals surface area contributed by atoms with Crippen molar-refractivity contribution in [2.75, 3.05) is 0 Å². The molecule has 3 aromatic rings. The highest BCUT2D eigenvalue weighted by Gasteiger charge is 2.22. The van der Waals surface area contributed by atoms with Crippen molar-refractivity contribution in [3.05, 3.63) is 101 Å². The minimum absolute atomic E-state index is 0.279. The van der Waals surface area contributed by atoms with Crippen LogP contribution in [0.4, 0.5) is 0 Å². The second-order valence-electron chi connectivity index (χ2n) is 6.48. The third-order valence-corrected chi connectivity index (χ3v) is 5.53. The second kappa shape index (κ2) is 9.24. The molecule has 0 radical (unpaired) electrons. The number of carbonyl (C=O) groups is 2. The molecule has 0 saturated carbocycles. The van der Waals surface area contributed by atoms with E-state index < -0.39 is 5.25 Å². The Bertz CT molecular complexity index is 959. The largest absolute Gasteiger partial charge is 0.272 e. The van der Waals surface area contributed by atoms with E-state index in [1.807, 2.05) is 86.6 Å². The van der Waals surface area contributed by atoms with Crippen molar-refractivity contribution in [3.63, 3.8) is 0 Å². The van der Waals surface area contributed by atoms with Gasteiger partial charge in [0.2, 0.25) is 0 Å². The van der Waals surface area contributed by atoms with Crippen molar-refractivity contribution in [2.24, 2.45) is 0 Å². The summed E-state index contributed by atoms with van der Waals surface area (Å²) in [6.45, 7) is 3.85. The van der Waals surface area contributed by atoms with Crippen LogP contribution in [0.15, 0.2) is 83.8 Å². The second-order valence-corrected chi connectivity index (χ2v) is 7.66. The van der Waals surface area contributed by atoms with Gasteiger partial charge >= 0.3 is 0 Å². The first-order valence-corrected chi connectivity index (χ1v) is 9.86. The average Bonchev–Trinajstić information content (AvgIpc) is 2.71. The van der Waals surface area contributed by atoms with Crippen LogP contribution >= 0.6 is 11.8 Å². The Kier molecular flexibility index (Phi) is 6.50. The summed E-state index contributed by atoms with van der Waals surface area (Å²) in [6.07, 6.45) is 0. The number of hydrazine groups is 1. The van der Waals surface area contributed by atoms with E-state index in [1.54, 1.807) is 6.07 Å². The Morgan fingerprint density at radius 3 is 2.11 bits per heavy atom. The summed E-state index contributed by atoms with van der Waals surface area (Å²) in [6, 6.07) is 24.8. The normalized spacial score (nSPS) is 11.5. The van der Waals surface area contributed by atoms with E-state index in [4.69, 9.17) is 0 Å². The first-order valence-electron chi connectivity index (χ1n) is 8.98. The molecule has 0 unspecified atom stereocenters. The zero-order chi connectivity index (χ0) is 19.9. The number of hydrogen-bond acceptors (Lipinski definition) is 3. The van der Waals surface area contributed by atoms with E-state index >= 15 is 0 Å². The zero-order valence-corrected chi connectivity index (χ0v) is 16.6. The average molecular weight is 391 g/mol. The number of hydrogen-bond donors (Lipinski definition) is 2. The minimum atomic E-state index is -0.483. The van der Waals surface area contributed by atoms with Crippen LogP contribution in [0, 0.1) is 13.8 Å². The fraction of sp³-hybridized carbons (Fsp3) is 0.130. The van der Waals surface area contributed by atoms with Gasteiger partial charge in [-0.05, 0) is 43.2 Å². The Balaban J connectivity index is 1.73. The van der Waals surface area contributed by atoms with Gasteiger partial charge in [-0.3, -0.25) is 20.4 Å². The molecule has 0 fully saturated rings. The van der Waals surface area contributed by atoms with Crippen LogP contribution in [0.2, 0.25) is 0 Å². The van der Waals surface area contributed by atoms with Crippen molar-refractivity contribution in [1.29, 1.82) is 0 Å². The molecule has 3 aromatic carbocycles. The Labute approximate surface area is 169 Å². The predicted octanol–water partition coefficient (Wildman–Crippen LogP) is 4.60. The van der Waals surface area contributed by atoms with Crippen molar-refractivity contribution in [2.45, 2.75) is 24.0 Å². The van der Waals surface area contributed by atoms with Gasteiger partial charge < -0.3 is 0 Å². The molecule has 3 rings (SSSR count). The summed E-state index contributed by atoms with van der Waals surface area (Å²) in [5, 5.41) is -0.483. The molecule has 2 amide bonds. The highest BCUT2D eigenvalue weighted by atomic mass is 32.2. The molecular weight excluding hydrogens is 368 g/mol. The molecule has 28 heavy (non-hydrogen) atoms. The lowest BCUT2D eigenvalue weighted by molar-refractivity contribution is -0.121. The number of amides is 2. The van der Waals surface area contributed by atoms with Gasteiger partial charge in [-0.15, -0.1) is 11.8 Å². The number of aryl methyl sites for hydroxylation is 2. The number of nitrogens with one attached hydrogen (secondary N) is 2. The maximum atomic E-state index is 12.9. The van der Waals surface area contributed by atoms with E-state index in [-0.39, 0.29) is 11.8 Å². The summed E-state index contributed by atoms with van der Waals surface area (Å²) in [7, 11) is 0. The molecule has 0 aliphatic heterocycles. The van der Waals surface area contributed by atoms with Gasteiger partial charge in [-0.1, -0.05) is 66.2 Å². The van der Waals surface area contributed by atoms with E-state index in [0.717, 1.165) is 21.6 Å². The Morgan fingerprint density at radius 1 is 0.821 bits per heavy atom.